The van der Waals surface area contributed by atoms with Crippen molar-refractivity contribution in [3.8, 4) is 0 Å². The Hall–Kier alpha value is -1.81. The first-order valence-electron chi connectivity index (χ1n) is 5.14. The van der Waals surface area contributed by atoms with Gasteiger partial charge in [0.05, 0.1) is 18.7 Å². The number of carbonyl (C=O) groups is 1. The number of furan rings is 1. The fourth-order valence-electron chi connectivity index (χ4n) is 1.53. The van der Waals surface area contributed by atoms with Crippen molar-refractivity contribution in [2.75, 3.05) is 6.61 Å². The summed E-state index contributed by atoms with van der Waals surface area (Å²) in [5.41, 5.74) is 6.63. The van der Waals surface area contributed by atoms with Gasteiger partial charge >= 0.3 is 5.97 Å². The summed E-state index contributed by atoms with van der Waals surface area (Å²) in [5, 5.41) is 0.938. The molecule has 1 heterocycles. The van der Waals surface area contributed by atoms with Crippen LogP contribution in [0.2, 0.25) is 0 Å². The van der Waals surface area contributed by atoms with Crippen LogP contribution in [0.3, 0.4) is 0 Å². The Morgan fingerprint density at radius 3 is 2.94 bits per heavy atom. The molecule has 2 N–H and O–H groups in total. The van der Waals surface area contributed by atoms with E-state index in [4.69, 9.17) is 14.9 Å². The van der Waals surface area contributed by atoms with E-state index in [2.05, 4.69) is 0 Å². The highest BCUT2D eigenvalue weighted by Crippen LogP contribution is 2.20. The molecule has 0 spiro atoms. The highest BCUT2D eigenvalue weighted by molar-refractivity contribution is 5.94. The van der Waals surface area contributed by atoms with Crippen molar-refractivity contribution in [3.05, 3.63) is 35.6 Å². The van der Waals surface area contributed by atoms with Crippen molar-refractivity contribution in [1.29, 1.82) is 0 Å². The number of carbonyl (C=O) groups excluding carboxylic acids is 1. The molecule has 0 saturated heterocycles. The van der Waals surface area contributed by atoms with Crippen LogP contribution >= 0.6 is 0 Å². The fraction of sp³-hybridized carbons (Fsp3) is 0.250. The Labute approximate surface area is 93.0 Å². The lowest BCUT2D eigenvalue weighted by atomic mass is 10.2. The summed E-state index contributed by atoms with van der Waals surface area (Å²) in [6, 6.07) is 7.08. The molecule has 0 bridgehead atoms. The van der Waals surface area contributed by atoms with Crippen LogP contribution in [-0.4, -0.2) is 12.6 Å². The van der Waals surface area contributed by atoms with Crippen molar-refractivity contribution in [1.82, 2.24) is 0 Å². The van der Waals surface area contributed by atoms with Crippen LogP contribution in [0.4, 0.5) is 0 Å². The highest BCUT2D eigenvalue weighted by atomic mass is 16.5. The fourth-order valence-corrected chi connectivity index (χ4v) is 1.53. The van der Waals surface area contributed by atoms with Crippen LogP contribution in [0.15, 0.2) is 28.7 Å². The van der Waals surface area contributed by atoms with Gasteiger partial charge in [0.25, 0.3) is 0 Å². The van der Waals surface area contributed by atoms with Gasteiger partial charge in [-0.2, -0.15) is 0 Å². The monoisotopic (exact) mass is 219 g/mol. The third-order valence-corrected chi connectivity index (χ3v) is 2.28. The summed E-state index contributed by atoms with van der Waals surface area (Å²) in [6.07, 6.45) is 0. The molecule has 2 rings (SSSR count). The van der Waals surface area contributed by atoms with E-state index < -0.39 is 0 Å². The molecule has 2 aromatic rings. The summed E-state index contributed by atoms with van der Waals surface area (Å²) < 4.78 is 10.4. The quantitative estimate of drug-likeness (QED) is 0.802. The average Bonchev–Trinajstić information content (AvgIpc) is 2.70. The first kappa shape index (κ1) is 10.7. The smallest absolute Gasteiger partial charge is 0.338 e. The molecular formula is C12H13NO3. The highest BCUT2D eigenvalue weighted by Gasteiger charge is 2.09. The number of fused-ring (bicyclic) bond motifs is 1. The van der Waals surface area contributed by atoms with E-state index in [0.29, 0.717) is 30.1 Å². The van der Waals surface area contributed by atoms with Crippen LogP contribution in [0.5, 0.6) is 0 Å². The lowest BCUT2D eigenvalue weighted by Crippen LogP contribution is -2.03. The molecule has 0 atom stereocenters. The van der Waals surface area contributed by atoms with Gasteiger partial charge < -0.3 is 14.9 Å². The van der Waals surface area contributed by atoms with Gasteiger partial charge in [-0.3, -0.25) is 0 Å². The summed E-state index contributed by atoms with van der Waals surface area (Å²) in [7, 11) is 0. The number of rotatable bonds is 3. The van der Waals surface area contributed by atoms with Crippen molar-refractivity contribution >= 4 is 16.9 Å². The van der Waals surface area contributed by atoms with Gasteiger partial charge in [0.2, 0.25) is 0 Å². The van der Waals surface area contributed by atoms with Crippen LogP contribution in [0.25, 0.3) is 11.0 Å². The number of esters is 1. The Kier molecular flexibility index (Phi) is 2.92. The van der Waals surface area contributed by atoms with Crippen molar-refractivity contribution < 1.29 is 13.9 Å². The molecule has 4 nitrogen and oxygen atoms in total. The Balaban J connectivity index is 2.39. The molecular weight excluding hydrogens is 206 g/mol. The van der Waals surface area contributed by atoms with Gasteiger partial charge in [0, 0.05) is 5.39 Å². The number of hydrogen-bond donors (Lipinski definition) is 1. The van der Waals surface area contributed by atoms with Gasteiger partial charge in [-0.1, -0.05) is 6.07 Å². The zero-order valence-electron chi connectivity index (χ0n) is 9.03. The Morgan fingerprint density at radius 2 is 2.25 bits per heavy atom. The van der Waals surface area contributed by atoms with E-state index in [1.807, 2.05) is 12.1 Å². The summed E-state index contributed by atoms with van der Waals surface area (Å²) in [6.45, 7) is 2.49. The van der Waals surface area contributed by atoms with Crippen LogP contribution in [-0.2, 0) is 11.3 Å². The molecule has 0 aliphatic rings. The molecule has 4 heteroatoms. The lowest BCUT2D eigenvalue weighted by molar-refractivity contribution is 0.0526. The number of hydrogen-bond acceptors (Lipinski definition) is 4. The Bertz CT molecular complexity index is 516. The van der Waals surface area contributed by atoms with Gasteiger partial charge in [0.1, 0.15) is 11.3 Å². The van der Waals surface area contributed by atoms with E-state index in [1.165, 1.54) is 0 Å². The predicted molar refractivity (Wildman–Crippen MR) is 60.1 cm³/mol. The molecule has 84 valence electrons. The zero-order chi connectivity index (χ0) is 11.5. The summed E-state index contributed by atoms with van der Waals surface area (Å²) >= 11 is 0. The van der Waals surface area contributed by atoms with Gasteiger partial charge in [-0.25, -0.2) is 4.79 Å². The van der Waals surface area contributed by atoms with E-state index in [1.54, 1.807) is 19.1 Å². The molecule has 0 aliphatic carbocycles. The van der Waals surface area contributed by atoms with Gasteiger partial charge in [0.15, 0.2) is 0 Å². The predicted octanol–water partition coefficient (Wildman–Crippen LogP) is 2.07. The molecule has 1 aromatic heterocycles. The molecule has 1 aromatic carbocycles. The summed E-state index contributed by atoms with van der Waals surface area (Å²) in [5.74, 6) is 0.367. The third-order valence-electron chi connectivity index (χ3n) is 2.28. The summed E-state index contributed by atoms with van der Waals surface area (Å²) in [4.78, 5) is 11.5. The maximum atomic E-state index is 11.5. The average molecular weight is 219 g/mol. The molecule has 0 amide bonds. The van der Waals surface area contributed by atoms with Crippen molar-refractivity contribution in [2.24, 2.45) is 5.73 Å². The minimum atomic E-state index is -0.338. The first-order valence-corrected chi connectivity index (χ1v) is 5.14. The van der Waals surface area contributed by atoms with E-state index in [0.717, 1.165) is 5.39 Å². The van der Waals surface area contributed by atoms with E-state index in [9.17, 15) is 4.79 Å². The first-order chi connectivity index (χ1) is 7.74. The molecule has 0 fully saturated rings. The maximum absolute atomic E-state index is 11.5. The van der Waals surface area contributed by atoms with Gasteiger partial charge in [-0.15, -0.1) is 0 Å². The maximum Gasteiger partial charge on any atom is 0.338 e. The minimum Gasteiger partial charge on any atom is -0.462 e. The van der Waals surface area contributed by atoms with Crippen LogP contribution in [0.1, 0.15) is 23.0 Å². The van der Waals surface area contributed by atoms with Crippen molar-refractivity contribution in [3.63, 3.8) is 0 Å². The molecule has 0 radical (unpaired) electrons. The van der Waals surface area contributed by atoms with E-state index in [-0.39, 0.29) is 5.97 Å². The standard InChI is InChI=1S/C12H13NO3/c1-2-15-12(14)9-4-3-8-5-10(7-13)16-11(8)6-9/h3-6H,2,7,13H2,1H3. The molecule has 0 unspecified atom stereocenters. The molecule has 16 heavy (non-hydrogen) atoms. The van der Waals surface area contributed by atoms with Crippen LogP contribution < -0.4 is 5.73 Å². The number of benzene rings is 1. The number of ether oxygens (including phenoxy) is 1. The second-order valence-corrected chi connectivity index (χ2v) is 3.39. The largest absolute Gasteiger partial charge is 0.462 e. The molecule has 0 aliphatic heterocycles. The lowest BCUT2D eigenvalue weighted by Gasteiger charge is -2.00. The van der Waals surface area contributed by atoms with E-state index >= 15 is 0 Å². The SMILES string of the molecule is CCOC(=O)c1ccc2cc(CN)oc2c1. The molecule has 0 saturated carbocycles. The third kappa shape index (κ3) is 1.92. The zero-order valence-corrected chi connectivity index (χ0v) is 9.03. The van der Waals surface area contributed by atoms with Gasteiger partial charge in [-0.05, 0) is 25.1 Å². The second-order valence-electron chi connectivity index (χ2n) is 3.39. The minimum absolute atomic E-state index is 0.338. The van der Waals surface area contributed by atoms with Crippen molar-refractivity contribution in [2.45, 2.75) is 13.5 Å². The topological polar surface area (TPSA) is 65.5 Å². The van der Waals surface area contributed by atoms with Crippen LogP contribution in [0, 0.1) is 0 Å². The Morgan fingerprint density at radius 1 is 1.44 bits per heavy atom. The second kappa shape index (κ2) is 4.37. The number of nitrogens with two attached hydrogens (primary N) is 1. The normalized spacial score (nSPS) is 10.6.